The van der Waals surface area contributed by atoms with Gasteiger partial charge in [-0.2, -0.15) is 0 Å². The Morgan fingerprint density at radius 1 is 0.971 bits per heavy atom. The summed E-state index contributed by atoms with van der Waals surface area (Å²) in [4.78, 5) is 53.5. The second-order valence-electron chi connectivity index (χ2n) is 8.67. The van der Waals surface area contributed by atoms with Crippen LogP contribution in [0.15, 0.2) is 24.8 Å². The van der Waals surface area contributed by atoms with Crippen LogP contribution in [0.1, 0.15) is 70.7 Å². The Bertz CT molecular complexity index is 1070. The van der Waals surface area contributed by atoms with E-state index >= 15 is 0 Å². The maximum absolute atomic E-state index is 12.1. The molecule has 2 aliphatic carbocycles. The Morgan fingerprint density at radius 2 is 1.49 bits per heavy atom. The maximum atomic E-state index is 12.1. The Labute approximate surface area is 290 Å². The van der Waals surface area contributed by atoms with Crippen LogP contribution in [0.3, 0.4) is 0 Å². The summed E-state index contributed by atoms with van der Waals surface area (Å²) < 4.78 is 1.51. The molecule has 10 nitrogen and oxygen atoms in total. The minimum absolute atomic E-state index is 0. The van der Waals surface area contributed by atoms with Gasteiger partial charge in [-0.15, -0.1) is 0 Å². The van der Waals surface area contributed by atoms with Gasteiger partial charge >= 0.3 is 103 Å². The first-order valence-corrected chi connectivity index (χ1v) is 11.2. The average Bonchev–Trinajstić information content (AvgIpc) is 3.73. The number of carbonyl (C=O) groups is 4. The first-order valence-electron chi connectivity index (χ1n) is 11.2. The van der Waals surface area contributed by atoms with Crippen LogP contribution in [-0.2, 0) is 22.5 Å². The van der Waals surface area contributed by atoms with Crippen LogP contribution in [0.25, 0.3) is 0 Å². The van der Waals surface area contributed by atoms with Crippen molar-refractivity contribution in [1.82, 2.24) is 19.4 Å². The molecule has 4 heterocycles. The van der Waals surface area contributed by atoms with E-state index in [4.69, 9.17) is 10.1 Å². The van der Waals surface area contributed by atoms with Crippen molar-refractivity contribution in [2.24, 2.45) is 0 Å². The summed E-state index contributed by atoms with van der Waals surface area (Å²) in [5.74, 6) is 0.286. The largest absolute Gasteiger partial charge is 1.00 e. The number of H-pyrrole nitrogens is 1. The van der Waals surface area contributed by atoms with E-state index in [1.807, 2.05) is 22.2 Å². The molecule has 2 amide bonds. The minimum atomic E-state index is -0.181. The minimum Gasteiger partial charge on any atom is -1.00 e. The van der Waals surface area contributed by atoms with E-state index in [0.29, 0.717) is 17.6 Å². The fourth-order valence-electron chi connectivity index (χ4n) is 4.34. The van der Waals surface area contributed by atoms with Gasteiger partial charge in [-0.05, 0) is 49.7 Å². The van der Waals surface area contributed by atoms with Crippen molar-refractivity contribution >= 4 is 24.2 Å². The number of hydrogen-bond acceptors (Lipinski definition) is 6. The molecule has 2 aliphatic heterocycles. The number of aromatic nitrogens is 2. The Balaban J connectivity index is 0.000000296. The van der Waals surface area contributed by atoms with Crippen molar-refractivity contribution in [3.05, 3.63) is 47.0 Å². The maximum Gasteiger partial charge on any atom is 1.00 e. The molecule has 2 saturated carbocycles. The van der Waals surface area contributed by atoms with Crippen LogP contribution in [0.4, 0.5) is 0 Å². The molecule has 2 aromatic heterocycles. The van der Waals surface area contributed by atoms with Crippen molar-refractivity contribution < 1.29 is 134 Å². The first-order chi connectivity index (χ1) is 15.9. The molecule has 0 spiro atoms. The molecule has 4 aliphatic rings. The zero-order valence-electron chi connectivity index (χ0n) is 21.5. The van der Waals surface area contributed by atoms with E-state index in [1.54, 1.807) is 12.4 Å². The zero-order valence-corrected chi connectivity index (χ0v) is 26.7. The van der Waals surface area contributed by atoms with Gasteiger partial charge in [0.2, 0.25) is 5.91 Å². The standard InChI is InChI=1S/C12H14N2O2.C10H12N2O.CH2O3.2K.H/c1-8(15)13-6-9-4-5-14(10-2-3-10)12(16)11(9)7-13;13-10-9-6-11-5-7(9)3-4-12(10)8-1-2-8;2-1-4-3;;;/h6-7,10H,2-5H2,1H3;5-6,8,11H,1-4H2;1,3H;;;/q;;;2*+1;-1/p-1. The first kappa shape index (κ1) is 31.1. The molecule has 2 aromatic rings. The van der Waals surface area contributed by atoms with Crippen LogP contribution in [0.5, 0.6) is 0 Å². The Morgan fingerprint density at radius 3 is 1.97 bits per heavy atom. The molecule has 12 heteroatoms. The third-order valence-electron chi connectivity index (χ3n) is 6.35. The molecule has 0 aromatic carbocycles. The normalized spacial score (nSPS) is 17.8. The summed E-state index contributed by atoms with van der Waals surface area (Å²) in [6.07, 6.45) is 13.8. The number of rotatable bonds is 3. The molecule has 1 N–H and O–H groups in total. The van der Waals surface area contributed by atoms with E-state index in [9.17, 15) is 14.4 Å². The Kier molecular flexibility index (Phi) is 12.6. The summed E-state index contributed by atoms with van der Waals surface area (Å²) in [5.41, 5.74) is 3.80. The van der Waals surface area contributed by atoms with Crippen LogP contribution >= 0.6 is 0 Å². The number of aromatic amines is 1. The molecule has 0 radical (unpaired) electrons. The SMILES string of the molecule is CC(=O)n1cc2c(c1)C(=O)N(C1CC1)CC2.O=C1c2c[nH]cc2CCN1C1CC1.O=CO[O-].[H-].[K+].[K+]. The Hall–Kier alpha value is -0.127. The smallest absolute Gasteiger partial charge is 1.00 e. The fraction of sp³-hybridized carbons (Fsp3) is 0.478. The third kappa shape index (κ3) is 7.69. The van der Waals surface area contributed by atoms with E-state index in [-0.39, 0.29) is 128 Å². The second-order valence-corrected chi connectivity index (χ2v) is 8.67. The van der Waals surface area contributed by atoms with Gasteiger partial charge < -0.3 is 26.4 Å². The van der Waals surface area contributed by atoms with Crippen LogP contribution < -0.4 is 108 Å². The number of fused-ring (bicyclic) bond motifs is 2. The summed E-state index contributed by atoms with van der Waals surface area (Å²) in [5, 5.41) is 8.43. The molecule has 178 valence electrons. The third-order valence-corrected chi connectivity index (χ3v) is 6.35. The van der Waals surface area contributed by atoms with Crippen molar-refractivity contribution in [3.63, 3.8) is 0 Å². The number of nitrogens with zero attached hydrogens (tertiary/aromatic N) is 3. The molecule has 2 fully saturated rings. The van der Waals surface area contributed by atoms with Crippen LogP contribution in [0.2, 0.25) is 0 Å². The molecule has 0 bridgehead atoms. The van der Waals surface area contributed by atoms with E-state index < -0.39 is 0 Å². The zero-order chi connectivity index (χ0) is 23.5. The van der Waals surface area contributed by atoms with Crippen molar-refractivity contribution in [2.75, 3.05) is 13.1 Å². The predicted molar refractivity (Wildman–Crippen MR) is 115 cm³/mol. The van der Waals surface area contributed by atoms with Gasteiger partial charge in [0.1, 0.15) is 0 Å². The summed E-state index contributed by atoms with van der Waals surface area (Å²) in [7, 11) is 0. The van der Waals surface area contributed by atoms with Crippen LogP contribution in [-0.4, -0.2) is 68.7 Å². The molecule has 0 atom stereocenters. The topological polar surface area (TPSA) is 128 Å². The van der Waals surface area contributed by atoms with Gasteiger partial charge in [-0.25, -0.2) is 0 Å². The predicted octanol–water partition coefficient (Wildman–Crippen LogP) is -4.96. The van der Waals surface area contributed by atoms with Crippen molar-refractivity contribution in [3.8, 4) is 0 Å². The summed E-state index contributed by atoms with van der Waals surface area (Å²) in [6, 6.07) is 1.01. The van der Waals surface area contributed by atoms with E-state index in [0.717, 1.165) is 49.9 Å². The molecule has 6 rings (SSSR count). The van der Waals surface area contributed by atoms with Crippen molar-refractivity contribution in [1.29, 1.82) is 0 Å². The number of hydrogen-bond donors (Lipinski definition) is 1. The fourth-order valence-corrected chi connectivity index (χ4v) is 4.34. The molecular weight excluding hydrogens is 506 g/mol. The molecular formula is C23H28K2N4O6. The summed E-state index contributed by atoms with van der Waals surface area (Å²) >= 11 is 0. The molecule has 0 unspecified atom stereocenters. The van der Waals surface area contributed by atoms with Gasteiger partial charge in [0, 0.05) is 56.9 Å². The summed E-state index contributed by atoms with van der Waals surface area (Å²) in [6.45, 7) is 3.04. The molecule has 0 saturated heterocycles. The molecule has 35 heavy (non-hydrogen) atoms. The quantitative estimate of drug-likeness (QED) is 0.182. The second kappa shape index (κ2) is 14.1. The number of carbonyl (C=O) groups excluding carboxylic acids is 4. The van der Waals surface area contributed by atoms with E-state index in [2.05, 4.69) is 9.87 Å². The van der Waals surface area contributed by atoms with Crippen molar-refractivity contribution in [2.45, 2.75) is 57.5 Å². The monoisotopic (exact) mass is 534 g/mol. The number of amides is 2. The van der Waals surface area contributed by atoms with Gasteiger partial charge in [-0.3, -0.25) is 23.7 Å². The van der Waals surface area contributed by atoms with Gasteiger partial charge in [0.05, 0.1) is 11.1 Å². The van der Waals surface area contributed by atoms with Gasteiger partial charge in [-0.1, -0.05) is 0 Å². The van der Waals surface area contributed by atoms with Gasteiger partial charge in [0.15, 0.2) is 0 Å². The number of nitrogens with one attached hydrogen (secondary N) is 1. The van der Waals surface area contributed by atoms with Gasteiger partial charge in [0.25, 0.3) is 18.3 Å². The van der Waals surface area contributed by atoms with E-state index in [1.165, 1.54) is 29.9 Å². The average molecular weight is 535 g/mol. The van der Waals surface area contributed by atoms with Crippen LogP contribution in [0, 0.1) is 0 Å².